The van der Waals surface area contributed by atoms with Crippen molar-refractivity contribution in [3.63, 3.8) is 0 Å². The molecule has 5 nitrogen and oxygen atoms in total. The van der Waals surface area contributed by atoms with Crippen LogP contribution in [0.3, 0.4) is 0 Å². The first-order valence-electron chi connectivity index (χ1n) is 8.88. The standard InChI is InChI=1S/C18H19F3O5S/c19-18(20,21)27(24,25)26-15-2-1-13(16(22)23)6-14(15)17-7-10-3-11(8-17)5-12(4-10)9-17/h1-2,6,10-12H,3-5,7-9H2,(H,22,23). The predicted octanol–water partition coefficient (Wildman–Crippen LogP) is 4.08. The maximum Gasteiger partial charge on any atom is 0.534 e. The predicted molar refractivity (Wildman–Crippen MR) is 88.9 cm³/mol. The Morgan fingerprint density at radius 2 is 1.59 bits per heavy atom. The molecule has 0 unspecified atom stereocenters. The van der Waals surface area contributed by atoms with Gasteiger partial charge in [-0.05, 0) is 79.9 Å². The number of rotatable bonds is 4. The molecular formula is C18H19F3O5S. The molecule has 5 rings (SSSR count). The van der Waals surface area contributed by atoms with Gasteiger partial charge >= 0.3 is 21.6 Å². The van der Waals surface area contributed by atoms with Crippen LogP contribution in [-0.2, 0) is 15.5 Å². The normalized spacial score (nSPS) is 32.5. The van der Waals surface area contributed by atoms with Gasteiger partial charge in [0.1, 0.15) is 5.75 Å². The molecule has 1 N–H and O–H groups in total. The number of carbonyl (C=O) groups is 1. The fourth-order valence-corrected chi connectivity index (χ4v) is 6.23. The lowest BCUT2D eigenvalue weighted by Gasteiger charge is -2.57. The lowest BCUT2D eigenvalue weighted by atomic mass is 9.48. The second kappa shape index (κ2) is 5.86. The van der Waals surface area contributed by atoms with Gasteiger partial charge in [0.25, 0.3) is 0 Å². The Bertz CT molecular complexity index is 855. The van der Waals surface area contributed by atoms with Crippen LogP contribution in [0.25, 0.3) is 0 Å². The fourth-order valence-electron chi connectivity index (χ4n) is 5.76. The fraction of sp³-hybridized carbons (Fsp3) is 0.611. The number of alkyl halides is 3. The lowest BCUT2D eigenvalue weighted by Crippen LogP contribution is -2.48. The van der Waals surface area contributed by atoms with Gasteiger partial charge in [-0.15, -0.1) is 0 Å². The van der Waals surface area contributed by atoms with Crippen LogP contribution in [-0.4, -0.2) is 25.0 Å². The average Bonchev–Trinajstić information content (AvgIpc) is 2.52. The van der Waals surface area contributed by atoms with Crippen LogP contribution in [0.15, 0.2) is 18.2 Å². The molecule has 0 spiro atoms. The smallest absolute Gasteiger partial charge is 0.478 e. The maximum absolute atomic E-state index is 12.8. The summed E-state index contributed by atoms with van der Waals surface area (Å²) in [6.45, 7) is 0. The minimum Gasteiger partial charge on any atom is -0.478 e. The van der Waals surface area contributed by atoms with Crippen LogP contribution in [0.1, 0.15) is 54.4 Å². The number of aromatic carboxylic acids is 1. The van der Waals surface area contributed by atoms with Crippen molar-refractivity contribution in [2.45, 2.75) is 49.4 Å². The van der Waals surface area contributed by atoms with Crippen molar-refractivity contribution in [3.05, 3.63) is 29.3 Å². The van der Waals surface area contributed by atoms with Gasteiger partial charge in [0, 0.05) is 5.56 Å². The quantitative estimate of drug-likeness (QED) is 0.604. The van der Waals surface area contributed by atoms with Crippen LogP contribution < -0.4 is 4.18 Å². The molecule has 9 heteroatoms. The van der Waals surface area contributed by atoms with Gasteiger partial charge in [0.2, 0.25) is 0 Å². The summed E-state index contributed by atoms with van der Waals surface area (Å²) in [6.07, 6.45) is 5.41. The largest absolute Gasteiger partial charge is 0.534 e. The van der Waals surface area contributed by atoms with E-state index in [9.17, 15) is 31.5 Å². The van der Waals surface area contributed by atoms with Crippen molar-refractivity contribution in [2.75, 3.05) is 0 Å². The van der Waals surface area contributed by atoms with Crippen molar-refractivity contribution in [1.82, 2.24) is 0 Å². The highest BCUT2D eigenvalue weighted by atomic mass is 32.2. The van der Waals surface area contributed by atoms with Gasteiger partial charge in [-0.2, -0.15) is 21.6 Å². The summed E-state index contributed by atoms with van der Waals surface area (Å²) in [5.74, 6) is -0.295. The summed E-state index contributed by atoms with van der Waals surface area (Å²) in [4.78, 5) is 11.4. The maximum atomic E-state index is 12.8. The topological polar surface area (TPSA) is 80.7 Å². The molecule has 0 heterocycles. The lowest BCUT2D eigenvalue weighted by molar-refractivity contribution is -0.0502. The molecule has 4 saturated carbocycles. The molecule has 4 aliphatic carbocycles. The summed E-state index contributed by atoms with van der Waals surface area (Å²) in [5, 5.41) is 9.30. The van der Waals surface area contributed by atoms with E-state index in [0.717, 1.165) is 50.7 Å². The molecule has 1 aromatic carbocycles. The van der Waals surface area contributed by atoms with Crippen LogP contribution >= 0.6 is 0 Å². The molecule has 148 valence electrons. The van der Waals surface area contributed by atoms with E-state index in [1.165, 1.54) is 6.07 Å². The Kier molecular flexibility index (Phi) is 4.04. The molecule has 0 radical (unpaired) electrons. The minimum atomic E-state index is -5.83. The summed E-state index contributed by atoms with van der Waals surface area (Å²) >= 11 is 0. The van der Waals surface area contributed by atoms with Crippen molar-refractivity contribution in [1.29, 1.82) is 0 Å². The third-order valence-electron chi connectivity index (χ3n) is 6.32. The monoisotopic (exact) mass is 404 g/mol. The van der Waals surface area contributed by atoms with E-state index in [2.05, 4.69) is 4.18 Å². The minimum absolute atomic E-state index is 0.0856. The molecular weight excluding hydrogens is 385 g/mol. The summed E-state index contributed by atoms with van der Waals surface area (Å²) < 4.78 is 66.0. The zero-order valence-electron chi connectivity index (χ0n) is 14.3. The molecule has 0 aromatic heterocycles. The molecule has 1 aromatic rings. The summed E-state index contributed by atoms with van der Waals surface area (Å²) in [6, 6.07) is 3.42. The Morgan fingerprint density at radius 3 is 2.04 bits per heavy atom. The molecule has 0 saturated heterocycles. The molecule has 0 aliphatic heterocycles. The first kappa shape index (κ1) is 18.6. The number of carboxylic acid groups (broad SMARTS) is 1. The number of hydrogen-bond donors (Lipinski definition) is 1. The Morgan fingerprint density at radius 1 is 1.07 bits per heavy atom. The van der Waals surface area contributed by atoms with Gasteiger partial charge in [-0.25, -0.2) is 4.79 Å². The molecule has 4 aliphatic rings. The van der Waals surface area contributed by atoms with Gasteiger partial charge < -0.3 is 9.29 Å². The number of carboxylic acids is 1. The van der Waals surface area contributed by atoms with Crippen LogP contribution in [0.5, 0.6) is 5.75 Å². The number of hydrogen-bond acceptors (Lipinski definition) is 4. The summed E-state index contributed by atoms with van der Waals surface area (Å²) in [7, 11) is -5.83. The Balaban J connectivity index is 1.81. The SMILES string of the molecule is O=C(O)c1ccc(OS(=O)(=O)C(F)(F)F)c(C23CC4CC(CC(C4)C2)C3)c1. The van der Waals surface area contributed by atoms with Gasteiger partial charge in [-0.3, -0.25) is 0 Å². The highest BCUT2D eigenvalue weighted by Crippen LogP contribution is 2.62. The third kappa shape index (κ3) is 3.09. The molecule has 0 amide bonds. The van der Waals surface area contributed by atoms with Crippen LogP contribution in [0, 0.1) is 17.8 Å². The van der Waals surface area contributed by atoms with E-state index in [-0.39, 0.29) is 11.1 Å². The van der Waals surface area contributed by atoms with Crippen LogP contribution in [0.2, 0.25) is 0 Å². The first-order valence-corrected chi connectivity index (χ1v) is 10.3. The molecule has 27 heavy (non-hydrogen) atoms. The molecule has 0 atom stereocenters. The third-order valence-corrected chi connectivity index (χ3v) is 7.28. The van der Waals surface area contributed by atoms with Crippen molar-refractivity contribution >= 4 is 16.1 Å². The summed E-state index contributed by atoms with van der Waals surface area (Å²) in [5.41, 5.74) is -5.86. The van der Waals surface area contributed by atoms with Crippen molar-refractivity contribution < 1.29 is 35.7 Å². The zero-order chi connectivity index (χ0) is 19.6. The van der Waals surface area contributed by atoms with E-state index < -0.39 is 32.8 Å². The second-order valence-corrected chi connectivity index (χ2v) is 9.73. The van der Waals surface area contributed by atoms with E-state index >= 15 is 0 Å². The average molecular weight is 404 g/mol. The van der Waals surface area contributed by atoms with E-state index in [1.54, 1.807) is 0 Å². The molecule has 4 fully saturated rings. The second-order valence-electron chi connectivity index (χ2n) is 8.20. The van der Waals surface area contributed by atoms with Crippen molar-refractivity contribution in [2.24, 2.45) is 17.8 Å². The number of benzene rings is 1. The number of halogens is 3. The van der Waals surface area contributed by atoms with Gasteiger partial charge in [-0.1, -0.05) is 0 Å². The van der Waals surface area contributed by atoms with Crippen molar-refractivity contribution in [3.8, 4) is 5.75 Å². The Labute approximate surface area is 154 Å². The van der Waals surface area contributed by atoms with E-state index in [4.69, 9.17) is 0 Å². The van der Waals surface area contributed by atoms with E-state index in [1.807, 2.05) is 0 Å². The van der Waals surface area contributed by atoms with Crippen LogP contribution in [0.4, 0.5) is 13.2 Å². The van der Waals surface area contributed by atoms with Gasteiger partial charge in [0.15, 0.2) is 0 Å². The first-order chi connectivity index (χ1) is 12.5. The van der Waals surface area contributed by atoms with E-state index in [0.29, 0.717) is 17.8 Å². The molecule has 4 bridgehead atoms. The van der Waals surface area contributed by atoms with Gasteiger partial charge in [0.05, 0.1) is 5.56 Å². The zero-order valence-corrected chi connectivity index (χ0v) is 15.1. The highest BCUT2D eigenvalue weighted by Gasteiger charge is 2.54. The highest BCUT2D eigenvalue weighted by molar-refractivity contribution is 7.88. The Hall–Kier alpha value is -1.77.